The lowest BCUT2D eigenvalue weighted by Gasteiger charge is -2.35. The zero-order chi connectivity index (χ0) is 37.8. The summed E-state index contributed by atoms with van der Waals surface area (Å²) in [7, 11) is 0.632. The Morgan fingerprint density at radius 3 is 2.19 bits per heavy atom. The Bertz CT molecular complexity index is 1820. The van der Waals surface area contributed by atoms with Crippen molar-refractivity contribution in [3.05, 3.63) is 77.4 Å². The van der Waals surface area contributed by atoms with Gasteiger partial charge < -0.3 is 24.4 Å². The maximum atomic E-state index is 12.1. The standard InChI is InChI=1S/C36H42N4O7S.C2H6.H2S2/c1-46-37-28-11-15-31(38-16-18-39(19-17-38)48(2)45)27(20-28)23-47-29-12-8-25(9-13-29)35-34(24-6-4-3-5-7-24)30-14-10-26(36(43)44)21-32(30)40(35)22-33(41)42;2*1-2/h8-15,20-21,24,37H,3-7,16-19,22-23H2,1-2H3,(H,41,42)(H,43,44);1-2H3;1-2H/p+1. The number of piperazine rings is 1. The Labute approximate surface area is 319 Å². The van der Waals surface area contributed by atoms with Gasteiger partial charge >= 0.3 is 11.9 Å². The Morgan fingerprint density at radius 1 is 0.923 bits per heavy atom. The van der Waals surface area contributed by atoms with Gasteiger partial charge in [0.25, 0.3) is 0 Å². The largest absolute Gasteiger partial charge is 0.489 e. The number of nitrogens with zero attached hydrogens (tertiary/aromatic N) is 3. The van der Waals surface area contributed by atoms with Gasteiger partial charge in [0, 0.05) is 61.2 Å². The zero-order valence-electron chi connectivity index (χ0n) is 30.3. The molecule has 282 valence electrons. The summed E-state index contributed by atoms with van der Waals surface area (Å²) in [4.78, 5) is 31.6. The molecular formula is C38H51N4O7S3+. The third-order valence-electron chi connectivity index (χ3n) is 9.48. The molecule has 1 aromatic heterocycles. The van der Waals surface area contributed by atoms with E-state index in [1.807, 2.05) is 54.6 Å². The Hall–Kier alpha value is -3.53. The van der Waals surface area contributed by atoms with Gasteiger partial charge in [-0.2, -0.15) is 5.48 Å². The Kier molecular flexibility index (Phi) is 15.9. The Morgan fingerprint density at radius 2 is 1.60 bits per heavy atom. The lowest BCUT2D eigenvalue weighted by molar-refractivity contribution is -0.830. The lowest BCUT2D eigenvalue weighted by Crippen LogP contribution is -2.75. The summed E-state index contributed by atoms with van der Waals surface area (Å²) in [5, 5.41) is 20.6. The fourth-order valence-corrected chi connectivity index (χ4v) is 7.90. The van der Waals surface area contributed by atoms with Crippen LogP contribution >= 0.6 is 23.3 Å². The molecule has 11 nitrogen and oxygen atoms in total. The minimum atomic E-state index is -1.05. The third kappa shape index (κ3) is 9.91. The number of quaternary nitrogens is 1. The number of anilines is 1. The molecule has 0 spiro atoms. The topological polar surface area (TPSA) is 138 Å². The number of rotatable bonds is 12. The van der Waals surface area contributed by atoms with Crippen molar-refractivity contribution in [2.24, 2.45) is 0 Å². The second-order valence-electron chi connectivity index (χ2n) is 12.5. The quantitative estimate of drug-likeness (QED) is 0.0466. The van der Waals surface area contributed by atoms with Crippen LogP contribution in [0.25, 0.3) is 22.2 Å². The number of thiol groups is 2. The van der Waals surface area contributed by atoms with Crippen molar-refractivity contribution in [1.29, 1.82) is 0 Å². The number of nitrogens with two attached hydrogens (primary N) is 1. The summed E-state index contributed by atoms with van der Waals surface area (Å²) in [6, 6.07) is 19.0. The molecule has 4 N–H and O–H groups in total. The highest BCUT2D eigenvalue weighted by atomic mass is 33.1. The van der Waals surface area contributed by atoms with Crippen LogP contribution in [0.15, 0.2) is 60.7 Å². The predicted octanol–water partition coefficient (Wildman–Crippen LogP) is 6.68. The highest BCUT2D eigenvalue weighted by Crippen LogP contribution is 2.44. The van der Waals surface area contributed by atoms with E-state index in [0.717, 1.165) is 91.0 Å². The van der Waals surface area contributed by atoms with Gasteiger partial charge in [-0.15, -0.1) is 23.3 Å². The van der Waals surface area contributed by atoms with Gasteiger partial charge in [0.2, 0.25) is 0 Å². The monoisotopic (exact) mass is 771 g/mol. The number of hydrogen-bond acceptors (Lipinski definition) is 8. The molecule has 1 unspecified atom stereocenters. The molecule has 1 saturated heterocycles. The molecule has 1 atom stereocenters. The van der Waals surface area contributed by atoms with Gasteiger partial charge in [-0.3, -0.25) is 4.79 Å². The van der Waals surface area contributed by atoms with Crippen LogP contribution < -0.4 is 15.1 Å². The van der Waals surface area contributed by atoms with Gasteiger partial charge in [-0.1, -0.05) is 39.2 Å². The van der Waals surface area contributed by atoms with Crippen molar-refractivity contribution in [3.8, 4) is 17.0 Å². The fourth-order valence-electron chi connectivity index (χ4n) is 7.22. The van der Waals surface area contributed by atoms with Crippen molar-refractivity contribution in [3.63, 3.8) is 0 Å². The summed E-state index contributed by atoms with van der Waals surface area (Å²) in [6.07, 6.45) is 7.12. The van der Waals surface area contributed by atoms with Gasteiger partial charge in [0.15, 0.2) is 5.69 Å². The van der Waals surface area contributed by atoms with Crippen LogP contribution in [0.5, 0.6) is 5.75 Å². The average molecular weight is 772 g/mol. The molecule has 4 aromatic rings. The number of ether oxygens (including phenoxy) is 1. The summed E-state index contributed by atoms with van der Waals surface area (Å²) < 4.78 is 22.1. The maximum Gasteiger partial charge on any atom is 0.335 e. The van der Waals surface area contributed by atoms with E-state index in [0.29, 0.717) is 17.9 Å². The minimum Gasteiger partial charge on any atom is -0.489 e. The smallest absolute Gasteiger partial charge is 0.335 e. The van der Waals surface area contributed by atoms with Gasteiger partial charge in [0.05, 0.1) is 34.9 Å². The molecule has 0 radical (unpaired) electrons. The van der Waals surface area contributed by atoms with Crippen LogP contribution in [0.4, 0.5) is 11.4 Å². The molecule has 1 aliphatic heterocycles. The normalized spacial score (nSPS) is 15.6. The number of hydrogen-bond donors (Lipinski definition) is 5. The molecule has 0 bridgehead atoms. The van der Waals surface area contributed by atoms with E-state index in [4.69, 9.17) is 9.57 Å². The SMILES string of the molecule is CC.CO[NH2+]c1ccc(N2CCN(S(C)=O)CC2)c(COc2ccc(-c3c(C4CCCCC4)c4ccc(C(=O)O)cc4n3CC(=O)O)cc2)c1.SS. The van der Waals surface area contributed by atoms with Crippen molar-refractivity contribution in [2.75, 3.05) is 44.4 Å². The van der Waals surface area contributed by atoms with E-state index < -0.39 is 22.9 Å². The van der Waals surface area contributed by atoms with Crippen LogP contribution in [0.2, 0.25) is 0 Å². The van der Waals surface area contributed by atoms with Crippen LogP contribution in [-0.4, -0.2) is 74.8 Å². The number of aliphatic carboxylic acids is 1. The predicted molar refractivity (Wildman–Crippen MR) is 214 cm³/mol. The van der Waals surface area contributed by atoms with E-state index in [-0.39, 0.29) is 18.0 Å². The first-order valence-electron chi connectivity index (χ1n) is 17.6. The average Bonchev–Trinajstić information content (AvgIpc) is 3.49. The van der Waals surface area contributed by atoms with E-state index in [1.165, 1.54) is 6.42 Å². The number of carboxylic acids is 2. The lowest BCUT2D eigenvalue weighted by atomic mass is 9.82. The second kappa shape index (κ2) is 20.1. The van der Waals surface area contributed by atoms with Crippen LogP contribution in [0.1, 0.15) is 73.4 Å². The van der Waals surface area contributed by atoms with Crippen LogP contribution in [-0.2, 0) is 33.8 Å². The molecule has 6 rings (SSSR count). The minimum absolute atomic E-state index is 0.130. The van der Waals surface area contributed by atoms with Crippen LogP contribution in [0, 0.1) is 0 Å². The van der Waals surface area contributed by atoms with Crippen molar-refractivity contribution >= 4 is 68.5 Å². The van der Waals surface area contributed by atoms with Crippen LogP contribution in [0.3, 0.4) is 0 Å². The molecule has 2 fully saturated rings. The number of benzene rings is 3. The molecule has 2 aliphatic rings. The molecular weight excluding hydrogens is 721 g/mol. The maximum absolute atomic E-state index is 12.1. The first-order chi connectivity index (χ1) is 25.2. The molecule has 1 aliphatic carbocycles. The molecule has 52 heavy (non-hydrogen) atoms. The first kappa shape index (κ1) is 41.2. The number of aromatic nitrogens is 1. The van der Waals surface area contributed by atoms with Gasteiger partial charge in [-0.05, 0) is 72.4 Å². The Balaban J connectivity index is 0.00000146. The molecule has 0 amide bonds. The summed E-state index contributed by atoms with van der Waals surface area (Å²) in [6.45, 7) is 7.00. The van der Waals surface area contributed by atoms with Gasteiger partial charge in [0.1, 0.15) is 18.9 Å². The van der Waals surface area contributed by atoms with Crippen molar-refractivity contribution in [2.45, 2.75) is 65.0 Å². The molecule has 14 heteroatoms. The third-order valence-corrected chi connectivity index (χ3v) is 10.6. The zero-order valence-corrected chi connectivity index (χ0v) is 32.9. The summed E-state index contributed by atoms with van der Waals surface area (Å²) >= 11 is 6.44. The summed E-state index contributed by atoms with van der Waals surface area (Å²) in [5.74, 6) is -1.11. The number of fused-ring (bicyclic) bond motifs is 1. The highest BCUT2D eigenvalue weighted by molar-refractivity contribution is 8.59. The fraction of sp³-hybridized carbons (Fsp3) is 0.421. The first-order valence-corrected chi connectivity index (χ1v) is 20.7. The second-order valence-corrected chi connectivity index (χ2v) is 13.9. The van der Waals surface area contributed by atoms with Gasteiger partial charge in [-0.25, -0.2) is 18.1 Å². The molecule has 2 heterocycles. The summed E-state index contributed by atoms with van der Waals surface area (Å²) in [5.41, 5.74) is 8.23. The van der Waals surface area contributed by atoms with E-state index in [1.54, 1.807) is 35.5 Å². The number of aromatic carboxylic acids is 1. The molecule has 1 saturated carbocycles. The van der Waals surface area contributed by atoms with E-state index >= 15 is 0 Å². The van der Waals surface area contributed by atoms with Crippen molar-refractivity contribution < 1.29 is 39.1 Å². The number of carbonyl (C=O) groups is 2. The highest BCUT2D eigenvalue weighted by Gasteiger charge is 2.28. The van der Waals surface area contributed by atoms with E-state index in [9.17, 15) is 24.0 Å². The van der Waals surface area contributed by atoms with Crippen molar-refractivity contribution in [1.82, 2.24) is 8.87 Å². The van der Waals surface area contributed by atoms with E-state index in [2.05, 4.69) is 40.4 Å². The number of carboxylic acid groups (broad SMARTS) is 2. The molecule has 3 aromatic carbocycles.